The summed E-state index contributed by atoms with van der Waals surface area (Å²) in [4.78, 5) is 15.7. The van der Waals surface area contributed by atoms with Crippen LogP contribution in [0.4, 0.5) is 0 Å². The Bertz CT molecular complexity index is 5090. The van der Waals surface area contributed by atoms with Crippen LogP contribution in [0, 0.1) is 11.3 Å². The van der Waals surface area contributed by atoms with Gasteiger partial charge in [-0.2, -0.15) is 5.26 Å². The molecule has 0 aliphatic heterocycles. The highest BCUT2D eigenvalue weighted by Gasteiger charge is 2.36. The third-order valence-electron chi connectivity index (χ3n) is 16.7. The first kappa shape index (κ1) is 45.5. The minimum absolute atomic E-state index is 0.154. The molecule has 7 heteroatoms. The first-order valence-electron chi connectivity index (χ1n) is 27.2. The van der Waals surface area contributed by atoms with Gasteiger partial charge < -0.3 is 13.7 Å². The van der Waals surface area contributed by atoms with Gasteiger partial charge in [0.05, 0.1) is 44.4 Å². The fourth-order valence-electron chi connectivity index (χ4n) is 13.0. The van der Waals surface area contributed by atoms with Crippen molar-refractivity contribution >= 4 is 65.4 Å². The number of nitrogens with zero attached hydrogens (tertiary/aromatic N) is 7. The predicted octanol–water partition coefficient (Wildman–Crippen LogP) is 18.0. The normalized spacial score (nSPS) is 12.7. The van der Waals surface area contributed by atoms with Crippen molar-refractivity contribution in [1.29, 1.82) is 5.26 Å². The summed E-state index contributed by atoms with van der Waals surface area (Å²) in [5.74, 6) is 1.55. The summed E-state index contributed by atoms with van der Waals surface area (Å²) in [5.41, 5.74) is 19.7. The average molecular weight is 1020 g/mol. The topological polar surface area (TPSA) is 77.2 Å². The van der Waals surface area contributed by atoms with Crippen LogP contribution >= 0.6 is 0 Å². The van der Waals surface area contributed by atoms with E-state index in [2.05, 4.69) is 264 Å². The lowest BCUT2D eigenvalue weighted by Crippen LogP contribution is -2.15. The van der Waals surface area contributed by atoms with E-state index in [1.807, 2.05) is 18.2 Å². The van der Waals surface area contributed by atoms with Crippen LogP contribution in [0.2, 0.25) is 0 Å². The van der Waals surface area contributed by atoms with Crippen LogP contribution in [0.25, 0.3) is 139 Å². The molecule has 16 rings (SSSR count). The lowest BCUT2D eigenvalue weighted by Gasteiger charge is -2.22. The molecule has 1 aliphatic carbocycles. The summed E-state index contributed by atoms with van der Waals surface area (Å²) in [6, 6.07) is 90.6. The highest BCUT2D eigenvalue weighted by Crippen LogP contribution is 2.50. The molecular formula is C73H47N7. The second-order valence-corrected chi connectivity index (χ2v) is 21.5. The fraction of sp³-hybridized carbons (Fsp3) is 0.0411. The van der Waals surface area contributed by atoms with Crippen molar-refractivity contribution in [1.82, 2.24) is 28.7 Å². The molecule has 4 heterocycles. The molecule has 0 unspecified atom stereocenters. The minimum atomic E-state index is -0.154. The van der Waals surface area contributed by atoms with Gasteiger partial charge in [0.15, 0.2) is 17.5 Å². The zero-order chi connectivity index (χ0) is 53.2. The molecule has 0 atom stereocenters. The lowest BCUT2D eigenvalue weighted by atomic mass is 9.82. The minimum Gasteiger partial charge on any atom is -0.309 e. The molecule has 0 amide bonds. The number of hydrogen-bond acceptors (Lipinski definition) is 4. The standard InChI is InChI=1S/C73H47N7/c1-73(2)60-25-13-9-21-53(60)54-36-35-52(43-61(54)73)79-65-28-16-12-24-58(65)68-67(79)40-37-57-55-22-10-15-27-64(55)80(69(57)68)62-38-33-48(41-50(62)44-74)71-75-70(47-31-29-46(30-32-47)45-17-5-3-6-18-45)76-72(77-71)49-34-39-66-59(42-49)56-23-11-14-26-63(56)78(66)51-19-7-4-8-20-51/h3-43H,1-2H3. The van der Waals surface area contributed by atoms with Crippen molar-refractivity contribution < 1.29 is 0 Å². The maximum atomic E-state index is 11.4. The second kappa shape index (κ2) is 17.4. The summed E-state index contributed by atoms with van der Waals surface area (Å²) in [6.45, 7) is 4.67. The van der Waals surface area contributed by atoms with Crippen molar-refractivity contribution in [2.75, 3.05) is 0 Å². The Balaban J connectivity index is 0.880. The van der Waals surface area contributed by atoms with Gasteiger partial charge in [0, 0.05) is 65.8 Å². The largest absolute Gasteiger partial charge is 0.309 e. The van der Waals surface area contributed by atoms with E-state index >= 15 is 0 Å². The van der Waals surface area contributed by atoms with Crippen molar-refractivity contribution in [3.63, 3.8) is 0 Å². The van der Waals surface area contributed by atoms with Crippen LogP contribution in [0.3, 0.4) is 0 Å². The molecule has 0 saturated carbocycles. The third kappa shape index (κ3) is 6.76. The van der Waals surface area contributed by atoms with Crippen LogP contribution in [0.5, 0.6) is 0 Å². The Kier molecular flexibility index (Phi) is 9.91. The average Bonchev–Trinajstić information content (AvgIpc) is 4.39. The van der Waals surface area contributed by atoms with E-state index in [1.165, 1.54) is 22.3 Å². The van der Waals surface area contributed by atoms with Gasteiger partial charge in [-0.3, -0.25) is 0 Å². The number of fused-ring (bicyclic) bond motifs is 13. The Morgan fingerprint density at radius 2 is 0.863 bits per heavy atom. The molecule has 0 spiro atoms. The second-order valence-electron chi connectivity index (χ2n) is 21.5. The van der Waals surface area contributed by atoms with Gasteiger partial charge in [-0.25, -0.2) is 15.0 Å². The van der Waals surface area contributed by atoms with Gasteiger partial charge in [0.2, 0.25) is 0 Å². The highest BCUT2D eigenvalue weighted by molar-refractivity contribution is 6.26. The first-order chi connectivity index (χ1) is 39.4. The summed E-state index contributed by atoms with van der Waals surface area (Å²) >= 11 is 0. The zero-order valence-electron chi connectivity index (χ0n) is 43.8. The molecule has 7 nitrogen and oxygen atoms in total. The van der Waals surface area contributed by atoms with Crippen molar-refractivity contribution in [2.24, 2.45) is 0 Å². The van der Waals surface area contributed by atoms with Gasteiger partial charge in [-0.05, 0) is 118 Å². The molecule has 15 aromatic rings. The SMILES string of the molecule is CC1(C)c2ccccc2-c2ccc(-n3c4ccccc4c4c3ccc3c5ccccc5n(-c5ccc(-c6nc(-c7ccc(-c8ccccc8)cc7)nc(-c7ccc8c(c7)c7ccccc7n8-c7ccccc7)n6)cc5C#N)c34)cc21. The molecular weight excluding hydrogens is 975 g/mol. The van der Waals surface area contributed by atoms with E-state index in [-0.39, 0.29) is 5.41 Å². The Morgan fingerprint density at radius 3 is 1.60 bits per heavy atom. The summed E-state index contributed by atoms with van der Waals surface area (Å²) in [7, 11) is 0. The monoisotopic (exact) mass is 1020 g/mol. The van der Waals surface area contributed by atoms with Crippen LogP contribution < -0.4 is 0 Å². The maximum Gasteiger partial charge on any atom is 0.164 e. The van der Waals surface area contributed by atoms with Gasteiger partial charge in [-0.15, -0.1) is 0 Å². The quantitative estimate of drug-likeness (QED) is 0.159. The number of hydrogen-bond donors (Lipinski definition) is 0. The number of rotatable bonds is 7. The Morgan fingerprint density at radius 1 is 0.350 bits per heavy atom. The van der Waals surface area contributed by atoms with Crippen LogP contribution in [0.1, 0.15) is 30.5 Å². The van der Waals surface area contributed by atoms with E-state index in [4.69, 9.17) is 15.0 Å². The summed E-state index contributed by atoms with van der Waals surface area (Å²) < 4.78 is 7.03. The lowest BCUT2D eigenvalue weighted by molar-refractivity contribution is 0.660. The smallest absolute Gasteiger partial charge is 0.164 e. The third-order valence-corrected chi connectivity index (χ3v) is 16.7. The molecule has 0 bridgehead atoms. The maximum absolute atomic E-state index is 11.4. The number of para-hydroxylation sites is 4. The van der Waals surface area contributed by atoms with Crippen molar-refractivity contribution in [3.05, 3.63) is 265 Å². The summed E-state index contributed by atoms with van der Waals surface area (Å²) in [6.07, 6.45) is 0. The molecule has 0 radical (unpaired) electrons. The molecule has 4 aromatic heterocycles. The molecule has 374 valence electrons. The fourth-order valence-corrected chi connectivity index (χ4v) is 13.0. The van der Waals surface area contributed by atoms with Crippen LogP contribution in [0.15, 0.2) is 249 Å². The van der Waals surface area contributed by atoms with E-state index in [1.54, 1.807) is 0 Å². The molecule has 80 heavy (non-hydrogen) atoms. The van der Waals surface area contributed by atoms with E-state index in [9.17, 15) is 5.26 Å². The Labute approximate surface area is 461 Å². The highest BCUT2D eigenvalue weighted by atomic mass is 15.0. The summed E-state index contributed by atoms with van der Waals surface area (Å²) in [5, 5.41) is 18.1. The van der Waals surface area contributed by atoms with E-state index in [0.29, 0.717) is 28.6 Å². The van der Waals surface area contributed by atoms with Crippen LogP contribution in [-0.4, -0.2) is 28.7 Å². The van der Waals surface area contributed by atoms with E-state index < -0.39 is 0 Å². The molecule has 11 aromatic carbocycles. The molecule has 1 aliphatic rings. The van der Waals surface area contributed by atoms with E-state index in [0.717, 1.165) is 105 Å². The predicted molar refractivity (Wildman–Crippen MR) is 327 cm³/mol. The molecule has 0 saturated heterocycles. The van der Waals surface area contributed by atoms with Crippen molar-refractivity contribution in [2.45, 2.75) is 19.3 Å². The van der Waals surface area contributed by atoms with Gasteiger partial charge in [0.1, 0.15) is 6.07 Å². The van der Waals surface area contributed by atoms with Gasteiger partial charge >= 0.3 is 0 Å². The van der Waals surface area contributed by atoms with Gasteiger partial charge in [0.25, 0.3) is 0 Å². The van der Waals surface area contributed by atoms with Gasteiger partial charge in [-0.1, -0.05) is 178 Å². The van der Waals surface area contributed by atoms with Crippen molar-refractivity contribution in [3.8, 4) is 79.5 Å². The van der Waals surface area contributed by atoms with Crippen LogP contribution in [-0.2, 0) is 5.41 Å². The first-order valence-corrected chi connectivity index (χ1v) is 27.2. The zero-order valence-corrected chi connectivity index (χ0v) is 43.8. The Hall–Kier alpha value is -10.7. The number of aromatic nitrogens is 6. The number of benzene rings is 11. The number of nitriles is 1. The molecule has 0 N–H and O–H groups in total. The molecule has 0 fully saturated rings.